The van der Waals surface area contributed by atoms with Crippen LogP contribution in [0.25, 0.3) is 0 Å². The van der Waals surface area contributed by atoms with Crippen LogP contribution in [0, 0.1) is 5.92 Å². The second-order valence-electron chi connectivity index (χ2n) is 2.80. The van der Waals surface area contributed by atoms with Crippen molar-refractivity contribution in [3.05, 3.63) is 0 Å². The summed E-state index contributed by atoms with van der Waals surface area (Å²) in [7, 11) is -4.26. The molecule has 0 aromatic heterocycles. The molecule has 0 bridgehead atoms. The van der Waals surface area contributed by atoms with Crippen molar-refractivity contribution in [2.24, 2.45) is 11.7 Å². The first-order chi connectivity index (χ1) is 4.47. The normalized spacial score (nSPS) is 30.4. The van der Waals surface area contributed by atoms with Gasteiger partial charge in [-0.25, -0.2) is 0 Å². The smallest absolute Gasteiger partial charge is 0.302 e. The molecule has 6 heteroatoms. The van der Waals surface area contributed by atoms with Gasteiger partial charge in [0.25, 0.3) is 0 Å². The van der Waals surface area contributed by atoms with Crippen molar-refractivity contribution in [2.45, 2.75) is 18.9 Å². The maximum atomic E-state index is 11.9. The van der Waals surface area contributed by atoms with Gasteiger partial charge < -0.3 is 5.73 Å². The molecule has 1 aliphatic carbocycles. The Hall–Kier alpha value is 0.130. The van der Waals surface area contributed by atoms with Crippen LogP contribution in [0.4, 0.5) is 3.89 Å². The van der Waals surface area contributed by atoms with Gasteiger partial charge in [-0.05, 0) is 18.8 Å². The highest BCUT2D eigenvalue weighted by Crippen LogP contribution is 2.27. The van der Waals surface area contributed by atoms with Crippen LogP contribution >= 0.6 is 12.4 Å². The average Bonchev–Trinajstić information content (AvgIpc) is 1.57. The summed E-state index contributed by atoms with van der Waals surface area (Å²) in [5.41, 5.74) is 5.37. The average molecular weight is 204 g/mol. The van der Waals surface area contributed by atoms with Crippen LogP contribution in [0.1, 0.15) is 12.8 Å². The van der Waals surface area contributed by atoms with Gasteiger partial charge in [0.2, 0.25) is 0 Å². The van der Waals surface area contributed by atoms with Crippen molar-refractivity contribution in [2.75, 3.05) is 5.75 Å². The van der Waals surface area contributed by atoms with E-state index in [0.29, 0.717) is 12.8 Å². The fourth-order valence-electron chi connectivity index (χ4n) is 1.20. The zero-order valence-corrected chi connectivity index (χ0v) is 7.50. The van der Waals surface area contributed by atoms with Crippen LogP contribution in [0.15, 0.2) is 0 Å². The summed E-state index contributed by atoms with van der Waals surface area (Å²) < 4.78 is 32.0. The molecule has 3 nitrogen and oxygen atoms in total. The molecule has 1 fully saturated rings. The van der Waals surface area contributed by atoms with Gasteiger partial charge in [0.1, 0.15) is 0 Å². The Labute approximate surface area is 71.8 Å². The molecule has 1 aliphatic rings. The summed E-state index contributed by atoms with van der Waals surface area (Å²) >= 11 is 0. The van der Waals surface area contributed by atoms with E-state index in [9.17, 15) is 12.3 Å². The third-order valence-corrected chi connectivity index (χ3v) is 2.58. The largest absolute Gasteiger partial charge is 0.328 e. The first-order valence-corrected chi connectivity index (χ1v) is 4.70. The number of hydrogen-bond donors (Lipinski definition) is 1. The lowest BCUT2D eigenvalue weighted by Crippen LogP contribution is -2.39. The van der Waals surface area contributed by atoms with Crippen molar-refractivity contribution in [3.63, 3.8) is 0 Å². The Kier molecular flexibility index (Phi) is 3.73. The summed E-state index contributed by atoms with van der Waals surface area (Å²) in [6.45, 7) is 0. The molecule has 1 saturated carbocycles. The lowest BCUT2D eigenvalue weighted by molar-refractivity contribution is 0.289. The topological polar surface area (TPSA) is 60.2 Å². The van der Waals surface area contributed by atoms with E-state index in [2.05, 4.69) is 0 Å². The van der Waals surface area contributed by atoms with Gasteiger partial charge in [0, 0.05) is 6.04 Å². The predicted molar refractivity (Wildman–Crippen MR) is 42.8 cm³/mol. The van der Waals surface area contributed by atoms with Crippen molar-refractivity contribution >= 4 is 22.6 Å². The third kappa shape index (κ3) is 3.88. The Morgan fingerprint density at radius 1 is 1.45 bits per heavy atom. The summed E-state index contributed by atoms with van der Waals surface area (Å²) in [5, 5.41) is 0. The monoisotopic (exact) mass is 203 g/mol. The quantitative estimate of drug-likeness (QED) is 0.663. The SMILES string of the molecule is Cl.NC1CC(CS(=O)(=O)F)C1. The van der Waals surface area contributed by atoms with E-state index >= 15 is 0 Å². The molecule has 0 saturated heterocycles. The lowest BCUT2D eigenvalue weighted by Gasteiger charge is -2.30. The Morgan fingerprint density at radius 2 is 1.91 bits per heavy atom. The highest BCUT2D eigenvalue weighted by molar-refractivity contribution is 7.86. The van der Waals surface area contributed by atoms with Gasteiger partial charge >= 0.3 is 10.2 Å². The number of nitrogens with two attached hydrogens (primary N) is 1. The molecule has 1 rings (SSSR count). The maximum Gasteiger partial charge on any atom is 0.302 e. The standard InChI is InChI=1S/C5H10FNO2S.ClH/c6-10(8,9)3-4-1-5(7)2-4;/h4-5H,1-3,7H2;1H. The molecule has 2 N–H and O–H groups in total. The van der Waals surface area contributed by atoms with Crippen molar-refractivity contribution in [1.29, 1.82) is 0 Å². The Morgan fingerprint density at radius 3 is 2.18 bits per heavy atom. The number of rotatable bonds is 2. The maximum absolute atomic E-state index is 11.9. The van der Waals surface area contributed by atoms with E-state index in [4.69, 9.17) is 5.73 Å². The second-order valence-corrected chi connectivity index (χ2v) is 4.21. The van der Waals surface area contributed by atoms with Crippen molar-refractivity contribution in [1.82, 2.24) is 0 Å². The molecule has 0 aromatic carbocycles. The fourth-order valence-corrected chi connectivity index (χ4v) is 2.04. The highest BCUT2D eigenvalue weighted by atomic mass is 35.5. The summed E-state index contributed by atoms with van der Waals surface area (Å²) in [4.78, 5) is 0. The van der Waals surface area contributed by atoms with Crippen LogP contribution < -0.4 is 5.73 Å². The van der Waals surface area contributed by atoms with E-state index in [1.165, 1.54) is 0 Å². The molecule has 0 radical (unpaired) electrons. The van der Waals surface area contributed by atoms with Gasteiger partial charge in [-0.3, -0.25) is 0 Å². The van der Waals surface area contributed by atoms with E-state index in [1.54, 1.807) is 0 Å². The van der Waals surface area contributed by atoms with Crippen LogP contribution in [0.3, 0.4) is 0 Å². The van der Waals surface area contributed by atoms with Crippen LogP contribution in [-0.2, 0) is 10.2 Å². The van der Waals surface area contributed by atoms with Crippen LogP contribution in [0.5, 0.6) is 0 Å². The van der Waals surface area contributed by atoms with E-state index in [-0.39, 0.29) is 30.1 Å². The minimum atomic E-state index is -4.26. The number of halogens is 2. The first-order valence-electron chi connectivity index (χ1n) is 3.15. The summed E-state index contributed by atoms with van der Waals surface area (Å²) in [6.07, 6.45) is 1.28. The molecule has 0 heterocycles. The summed E-state index contributed by atoms with van der Waals surface area (Å²) in [6, 6.07) is 0.0896. The molecule has 0 aliphatic heterocycles. The minimum Gasteiger partial charge on any atom is -0.328 e. The summed E-state index contributed by atoms with van der Waals surface area (Å²) in [5.74, 6) is -0.384. The molecular formula is C5H11ClFNO2S. The van der Waals surface area contributed by atoms with Crippen molar-refractivity contribution in [3.8, 4) is 0 Å². The van der Waals surface area contributed by atoms with Gasteiger partial charge in [0.15, 0.2) is 0 Å². The molecule has 0 spiro atoms. The van der Waals surface area contributed by atoms with Gasteiger partial charge in [-0.15, -0.1) is 16.3 Å². The molecule has 0 unspecified atom stereocenters. The minimum absolute atomic E-state index is 0. The van der Waals surface area contributed by atoms with E-state index in [0.717, 1.165) is 0 Å². The van der Waals surface area contributed by atoms with E-state index < -0.39 is 10.2 Å². The molecular weight excluding hydrogens is 193 g/mol. The first kappa shape index (κ1) is 11.1. The third-order valence-electron chi connectivity index (χ3n) is 1.71. The Balaban J connectivity index is 0.000001000. The van der Waals surface area contributed by atoms with Crippen molar-refractivity contribution < 1.29 is 12.3 Å². The van der Waals surface area contributed by atoms with Gasteiger partial charge in [0.05, 0.1) is 5.75 Å². The number of hydrogen-bond acceptors (Lipinski definition) is 3. The zero-order valence-electron chi connectivity index (χ0n) is 5.86. The molecule has 68 valence electrons. The van der Waals surface area contributed by atoms with Crippen LogP contribution in [0.2, 0.25) is 0 Å². The molecule has 0 aromatic rings. The highest BCUT2D eigenvalue weighted by Gasteiger charge is 2.29. The van der Waals surface area contributed by atoms with Gasteiger partial charge in [-0.1, -0.05) is 0 Å². The van der Waals surface area contributed by atoms with Gasteiger partial charge in [-0.2, -0.15) is 8.42 Å². The predicted octanol–water partition coefficient (Wildman–Crippen LogP) is 0.445. The molecule has 11 heavy (non-hydrogen) atoms. The lowest BCUT2D eigenvalue weighted by atomic mass is 9.82. The zero-order chi connectivity index (χ0) is 7.78. The second kappa shape index (κ2) is 3.69. The fraction of sp³-hybridized carbons (Fsp3) is 1.00. The molecule has 0 amide bonds. The Bertz CT molecular complexity index is 213. The molecule has 0 atom stereocenters. The van der Waals surface area contributed by atoms with E-state index in [1.807, 2.05) is 0 Å². The van der Waals surface area contributed by atoms with Crippen LogP contribution in [-0.4, -0.2) is 20.2 Å².